The lowest BCUT2D eigenvalue weighted by molar-refractivity contribution is -0.141. The number of hydrogen-bond acceptors (Lipinski definition) is 5. The van der Waals surface area contributed by atoms with Crippen molar-refractivity contribution < 1.29 is 13.2 Å². The van der Waals surface area contributed by atoms with Gasteiger partial charge in [-0.1, -0.05) is 35.6 Å². The van der Waals surface area contributed by atoms with Crippen molar-refractivity contribution >= 4 is 32.5 Å². The van der Waals surface area contributed by atoms with Crippen molar-refractivity contribution in [1.29, 1.82) is 0 Å². The van der Waals surface area contributed by atoms with Crippen LogP contribution < -0.4 is 4.90 Å². The Morgan fingerprint density at radius 1 is 1.00 bits per heavy atom. The highest BCUT2D eigenvalue weighted by Crippen LogP contribution is 2.35. The van der Waals surface area contributed by atoms with Crippen LogP contribution in [0.3, 0.4) is 0 Å². The van der Waals surface area contributed by atoms with Gasteiger partial charge in [0.15, 0.2) is 5.13 Å². The van der Waals surface area contributed by atoms with Gasteiger partial charge >= 0.3 is 6.18 Å². The lowest BCUT2D eigenvalue weighted by Crippen LogP contribution is -2.17. The maximum atomic E-state index is 12.8. The fraction of sp³-hybridized carbons (Fsp3) is 0.150. The zero-order valence-corrected chi connectivity index (χ0v) is 15.6. The number of thiazole rings is 1. The van der Waals surface area contributed by atoms with E-state index < -0.39 is 11.9 Å². The van der Waals surface area contributed by atoms with E-state index in [0.717, 1.165) is 32.8 Å². The highest BCUT2D eigenvalue weighted by Gasteiger charge is 2.32. The Morgan fingerprint density at radius 2 is 1.79 bits per heavy atom. The van der Waals surface area contributed by atoms with E-state index in [4.69, 9.17) is 4.98 Å². The van der Waals surface area contributed by atoms with Gasteiger partial charge < -0.3 is 4.90 Å². The summed E-state index contributed by atoms with van der Waals surface area (Å²) in [6.45, 7) is 2.31. The molecule has 0 aliphatic heterocycles. The molecule has 0 spiro atoms. The number of para-hydroxylation sites is 1. The second-order valence-corrected chi connectivity index (χ2v) is 7.21. The van der Waals surface area contributed by atoms with Gasteiger partial charge in [-0.2, -0.15) is 13.2 Å². The number of aryl methyl sites for hydroxylation is 1. The molecule has 142 valence electrons. The van der Waals surface area contributed by atoms with Crippen LogP contribution in [0.25, 0.3) is 10.3 Å². The zero-order valence-electron chi connectivity index (χ0n) is 14.8. The topological polar surface area (TPSA) is 41.9 Å². The first-order valence-corrected chi connectivity index (χ1v) is 9.30. The first-order chi connectivity index (χ1) is 13.4. The molecule has 0 radical (unpaired) electrons. The Hall–Kier alpha value is -3.00. The number of rotatable bonds is 4. The van der Waals surface area contributed by atoms with E-state index >= 15 is 0 Å². The van der Waals surface area contributed by atoms with E-state index in [0.29, 0.717) is 12.1 Å². The maximum absolute atomic E-state index is 12.8. The molecule has 0 amide bonds. The number of benzene rings is 1. The fourth-order valence-corrected chi connectivity index (χ4v) is 3.81. The number of aromatic nitrogens is 3. The molecule has 4 nitrogen and oxygen atoms in total. The smallest absolute Gasteiger partial charge is 0.313 e. The van der Waals surface area contributed by atoms with Crippen LogP contribution in [0.1, 0.15) is 16.8 Å². The van der Waals surface area contributed by atoms with Gasteiger partial charge in [-0.15, -0.1) is 0 Å². The molecule has 0 unspecified atom stereocenters. The van der Waals surface area contributed by atoms with Gasteiger partial charge in [0, 0.05) is 18.1 Å². The summed E-state index contributed by atoms with van der Waals surface area (Å²) in [6, 6.07) is 13.9. The van der Waals surface area contributed by atoms with Gasteiger partial charge in [0.1, 0.15) is 16.0 Å². The van der Waals surface area contributed by atoms with E-state index in [2.05, 4.69) is 9.97 Å². The van der Waals surface area contributed by atoms with Gasteiger partial charge in [-0.05, 0) is 42.3 Å². The highest BCUT2D eigenvalue weighted by atomic mass is 32.1. The van der Waals surface area contributed by atoms with Crippen LogP contribution in [0.2, 0.25) is 0 Å². The Bertz CT molecular complexity index is 1090. The summed E-state index contributed by atoms with van der Waals surface area (Å²) in [6.07, 6.45) is -1.45. The molecule has 3 heterocycles. The van der Waals surface area contributed by atoms with Crippen molar-refractivity contribution in [3.8, 4) is 0 Å². The number of nitrogens with zero attached hydrogens (tertiary/aromatic N) is 4. The molecule has 28 heavy (non-hydrogen) atoms. The quantitative estimate of drug-likeness (QED) is 0.437. The van der Waals surface area contributed by atoms with E-state index in [9.17, 15) is 13.2 Å². The summed E-state index contributed by atoms with van der Waals surface area (Å²) in [5.41, 5.74) is 2.49. The summed E-state index contributed by atoms with van der Waals surface area (Å²) in [4.78, 5) is 15.4. The van der Waals surface area contributed by atoms with Crippen molar-refractivity contribution in [2.24, 2.45) is 0 Å². The molecule has 8 heteroatoms. The standard InChI is InChI=1S/C20H15F3N4S/c1-13-9-10-24-18-17(13)26-19(28-18)27(15-5-3-2-4-6-15)12-14-7-8-16(25-11-14)20(21,22)23/h2-11H,12H2,1H3. The van der Waals surface area contributed by atoms with Crippen LogP contribution in [0, 0.1) is 6.92 Å². The average Bonchev–Trinajstić information content (AvgIpc) is 3.12. The fourth-order valence-electron chi connectivity index (χ4n) is 2.80. The number of anilines is 2. The van der Waals surface area contributed by atoms with Gasteiger partial charge in [0.25, 0.3) is 0 Å². The van der Waals surface area contributed by atoms with Gasteiger partial charge in [-0.3, -0.25) is 4.98 Å². The highest BCUT2D eigenvalue weighted by molar-refractivity contribution is 7.21. The molecule has 0 N–H and O–H groups in total. The molecule has 0 atom stereocenters. The van der Waals surface area contributed by atoms with Crippen LogP contribution in [-0.4, -0.2) is 15.0 Å². The largest absolute Gasteiger partial charge is 0.433 e. The Labute approximate surface area is 163 Å². The minimum atomic E-state index is -4.45. The molecule has 0 aliphatic carbocycles. The van der Waals surface area contributed by atoms with Crippen LogP contribution in [0.4, 0.5) is 24.0 Å². The van der Waals surface area contributed by atoms with E-state index in [1.807, 2.05) is 48.2 Å². The molecule has 0 fully saturated rings. The van der Waals surface area contributed by atoms with E-state index in [1.165, 1.54) is 23.6 Å². The third kappa shape index (κ3) is 3.68. The van der Waals surface area contributed by atoms with Crippen molar-refractivity contribution in [1.82, 2.24) is 15.0 Å². The Morgan fingerprint density at radius 3 is 2.43 bits per heavy atom. The van der Waals surface area contributed by atoms with Gasteiger partial charge in [0.2, 0.25) is 0 Å². The maximum Gasteiger partial charge on any atom is 0.433 e. The lowest BCUT2D eigenvalue weighted by Gasteiger charge is -2.22. The minimum Gasteiger partial charge on any atom is -0.313 e. The van der Waals surface area contributed by atoms with Crippen LogP contribution >= 0.6 is 11.3 Å². The predicted octanol–water partition coefficient (Wildman–Crippen LogP) is 5.75. The average molecular weight is 400 g/mol. The van der Waals surface area contributed by atoms with E-state index in [1.54, 1.807) is 6.20 Å². The first kappa shape index (κ1) is 18.4. The third-order valence-corrected chi connectivity index (χ3v) is 5.23. The molecule has 3 aromatic heterocycles. The van der Waals surface area contributed by atoms with Crippen molar-refractivity contribution in [2.75, 3.05) is 4.90 Å². The molecular formula is C20H15F3N4S. The second kappa shape index (κ2) is 7.20. The summed E-state index contributed by atoms with van der Waals surface area (Å²) in [7, 11) is 0. The van der Waals surface area contributed by atoms with Crippen LogP contribution in [-0.2, 0) is 12.7 Å². The Balaban J connectivity index is 1.73. The number of alkyl halides is 3. The number of fused-ring (bicyclic) bond motifs is 1. The van der Waals surface area contributed by atoms with E-state index in [-0.39, 0.29) is 0 Å². The monoisotopic (exact) mass is 400 g/mol. The molecule has 0 aliphatic rings. The normalized spacial score (nSPS) is 11.7. The molecule has 0 saturated heterocycles. The van der Waals surface area contributed by atoms with Crippen molar-refractivity contribution in [2.45, 2.75) is 19.6 Å². The molecule has 4 rings (SSSR count). The van der Waals surface area contributed by atoms with Crippen LogP contribution in [0.15, 0.2) is 60.9 Å². The molecule has 0 saturated carbocycles. The summed E-state index contributed by atoms with van der Waals surface area (Å²) >= 11 is 1.44. The molecule has 4 aromatic rings. The zero-order chi connectivity index (χ0) is 19.7. The number of hydrogen-bond donors (Lipinski definition) is 0. The molecule has 1 aromatic carbocycles. The molecule has 0 bridgehead atoms. The Kier molecular flexibility index (Phi) is 4.72. The lowest BCUT2D eigenvalue weighted by atomic mass is 10.2. The van der Waals surface area contributed by atoms with Crippen LogP contribution in [0.5, 0.6) is 0 Å². The van der Waals surface area contributed by atoms with Gasteiger partial charge in [-0.25, -0.2) is 9.97 Å². The summed E-state index contributed by atoms with van der Waals surface area (Å²) in [5.74, 6) is 0. The number of pyridine rings is 2. The minimum absolute atomic E-state index is 0.341. The SMILES string of the molecule is Cc1ccnc2sc(N(Cc3ccc(C(F)(F)F)nc3)c3ccccc3)nc12. The summed E-state index contributed by atoms with van der Waals surface area (Å²) in [5, 5.41) is 0.725. The first-order valence-electron chi connectivity index (χ1n) is 8.49. The summed E-state index contributed by atoms with van der Waals surface area (Å²) < 4.78 is 38.3. The number of halogens is 3. The molecular weight excluding hydrogens is 385 g/mol. The van der Waals surface area contributed by atoms with Crippen molar-refractivity contribution in [3.05, 3.63) is 77.7 Å². The second-order valence-electron chi connectivity index (χ2n) is 6.25. The van der Waals surface area contributed by atoms with Crippen molar-refractivity contribution in [3.63, 3.8) is 0 Å². The van der Waals surface area contributed by atoms with Gasteiger partial charge in [0.05, 0.1) is 6.54 Å². The third-order valence-electron chi connectivity index (χ3n) is 4.24. The predicted molar refractivity (Wildman–Crippen MR) is 104 cm³/mol.